The van der Waals surface area contributed by atoms with Gasteiger partial charge in [0.1, 0.15) is 6.04 Å². The molecule has 0 aliphatic carbocycles. The third kappa shape index (κ3) is 4.06. The molecule has 2 N–H and O–H groups in total. The molecule has 3 heterocycles. The van der Waals surface area contributed by atoms with Gasteiger partial charge in [0.2, 0.25) is 11.8 Å². The van der Waals surface area contributed by atoms with E-state index in [2.05, 4.69) is 15.7 Å². The van der Waals surface area contributed by atoms with E-state index in [1.807, 2.05) is 30.5 Å². The van der Waals surface area contributed by atoms with E-state index in [0.29, 0.717) is 23.8 Å². The van der Waals surface area contributed by atoms with Crippen LogP contribution in [0.1, 0.15) is 44.7 Å². The van der Waals surface area contributed by atoms with Gasteiger partial charge in [-0.3, -0.25) is 34.1 Å². The summed E-state index contributed by atoms with van der Waals surface area (Å²) in [6, 6.07) is 11.5. The number of carbonyl (C=O) groups is 4. The Kier molecular flexibility index (Phi) is 5.62. The normalized spacial score (nSPS) is 17.7. The standard InChI is InChI=1S/C24H20ClN5O4/c25-16-6-4-14(5-7-16)12-29-13-15(11-27-29)10-26-18-3-1-2-17-21(18)24(34)30(23(17)33)19-8-9-20(31)28-22(19)32/h1-7,11,13,19,26H,8-10,12H2,(H,28,31,32). The second-order valence-corrected chi connectivity index (χ2v) is 8.64. The van der Waals surface area contributed by atoms with Crippen LogP contribution >= 0.6 is 11.6 Å². The van der Waals surface area contributed by atoms with Crippen molar-refractivity contribution in [3.05, 3.63) is 82.1 Å². The highest BCUT2D eigenvalue weighted by molar-refractivity contribution is 6.30. The topological polar surface area (TPSA) is 113 Å². The maximum absolute atomic E-state index is 13.2. The number of carbonyl (C=O) groups excluding carboxylic acids is 4. The van der Waals surface area contributed by atoms with Gasteiger partial charge in [0.15, 0.2) is 0 Å². The number of halogens is 1. The van der Waals surface area contributed by atoms with Crippen molar-refractivity contribution in [1.82, 2.24) is 20.0 Å². The highest BCUT2D eigenvalue weighted by Crippen LogP contribution is 2.32. The lowest BCUT2D eigenvalue weighted by Crippen LogP contribution is -2.54. The maximum atomic E-state index is 13.2. The zero-order chi connectivity index (χ0) is 23.8. The van der Waals surface area contributed by atoms with Crippen LogP contribution in [-0.4, -0.2) is 44.4 Å². The number of hydrogen-bond donors (Lipinski definition) is 2. The number of amides is 4. The van der Waals surface area contributed by atoms with Crippen LogP contribution in [-0.2, 0) is 22.7 Å². The fourth-order valence-corrected chi connectivity index (χ4v) is 4.35. The predicted molar refractivity (Wildman–Crippen MR) is 123 cm³/mol. The van der Waals surface area contributed by atoms with Crippen LogP contribution in [0.3, 0.4) is 0 Å². The molecule has 3 aromatic rings. The molecule has 2 aliphatic heterocycles. The number of nitrogens with zero attached hydrogens (tertiary/aromatic N) is 3. The highest BCUT2D eigenvalue weighted by Gasteiger charge is 2.45. The second kappa shape index (κ2) is 8.75. The van der Waals surface area contributed by atoms with Crippen molar-refractivity contribution in [3.8, 4) is 0 Å². The Morgan fingerprint density at radius 3 is 2.59 bits per heavy atom. The molecule has 0 radical (unpaired) electrons. The Balaban J connectivity index is 1.30. The molecule has 9 nitrogen and oxygen atoms in total. The summed E-state index contributed by atoms with van der Waals surface area (Å²) in [5, 5.41) is 10.5. The van der Waals surface area contributed by atoms with Crippen molar-refractivity contribution in [1.29, 1.82) is 0 Å². The average molecular weight is 478 g/mol. The Morgan fingerprint density at radius 2 is 1.82 bits per heavy atom. The van der Waals surface area contributed by atoms with E-state index >= 15 is 0 Å². The third-order valence-corrected chi connectivity index (χ3v) is 6.15. The molecule has 172 valence electrons. The average Bonchev–Trinajstić information content (AvgIpc) is 3.37. The van der Waals surface area contributed by atoms with Crippen molar-refractivity contribution in [3.63, 3.8) is 0 Å². The first-order valence-electron chi connectivity index (χ1n) is 10.7. The van der Waals surface area contributed by atoms with Crippen molar-refractivity contribution in [2.75, 3.05) is 5.32 Å². The molecule has 1 atom stereocenters. The minimum absolute atomic E-state index is 0.0783. The maximum Gasteiger partial charge on any atom is 0.264 e. The van der Waals surface area contributed by atoms with Gasteiger partial charge in [0.25, 0.3) is 11.8 Å². The number of aromatic nitrogens is 2. The van der Waals surface area contributed by atoms with Gasteiger partial charge in [-0.05, 0) is 36.2 Å². The monoisotopic (exact) mass is 477 g/mol. The Morgan fingerprint density at radius 1 is 1.03 bits per heavy atom. The van der Waals surface area contributed by atoms with Gasteiger partial charge < -0.3 is 5.32 Å². The lowest BCUT2D eigenvalue weighted by atomic mass is 10.0. The first-order valence-corrected chi connectivity index (χ1v) is 11.1. The molecular formula is C24H20ClN5O4. The second-order valence-electron chi connectivity index (χ2n) is 8.20. The molecule has 1 aromatic heterocycles. The first-order chi connectivity index (χ1) is 16.4. The fraction of sp³-hybridized carbons (Fsp3) is 0.208. The molecule has 34 heavy (non-hydrogen) atoms. The van der Waals surface area contributed by atoms with E-state index in [-0.39, 0.29) is 24.0 Å². The van der Waals surface area contributed by atoms with E-state index < -0.39 is 29.7 Å². The van der Waals surface area contributed by atoms with Gasteiger partial charge in [-0.1, -0.05) is 29.8 Å². The molecular weight excluding hydrogens is 458 g/mol. The van der Waals surface area contributed by atoms with Gasteiger partial charge in [-0.15, -0.1) is 0 Å². The number of fused-ring (bicyclic) bond motifs is 1. The number of hydrogen-bond acceptors (Lipinski definition) is 6. The molecule has 1 saturated heterocycles. The number of anilines is 1. The summed E-state index contributed by atoms with van der Waals surface area (Å²) in [4.78, 5) is 50.8. The molecule has 0 spiro atoms. The fourth-order valence-electron chi connectivity index (χ4n) is 4.22. The Bertz CT molecular complexity index is 1320. The van der Waals surface area contributed by atoms with Crippen LogP contribution in [0.5, 0.6) is 0 Å². The summed E-state index contributed by atoms with van der Waals surface area (Å²) in [5.74, 6) is -2.12. The zero-order valence-corrected chi connectivity index (χ0v) is 18.7. The lowest BCUT2D eigenvalue weighted by molar-refractivity contribution is -0.136. The minimum Gasteiger partial charge on any atom is -0.380 e. The van der Waals surface area contributed by atoms with Gasteiger partial charge in [0, 0.05) is 35.4 Å². The number of piperidine rings is 1. The van der Waals surface area contributed by atoms with Crippen LogP contribution < -0.4 is 10.6 Å². The number of benzene rings is 2. The van der Waals surface area contributed by atoms with E-state index in [9.17, 15) is 19.2 Å². The lowest BCUT2D eigenvalue weighted by Gasteiger charge is -2.27. The Hall–Kier alpha value is -3.98. The summed E-state index contributed by atoms with van der Waals surface area (Å²) >= 11 is 5.93. The molecule has 4 amide bonds. The Labute approximate surface area is 199 Å². The molecule has 5 rings (SSSR count). The molecule has 0 bridgehead atoms. The first kappa shape index (κ1) is 21.8. The minimum atomic E-state index is -0.996. The van der Waals surface area contributed by atoms with Crippen LogP contribution in [0.4, 0.5) is 5.69 Å². The summed E-state index contributed by atoms with van der Waals surface area (Å²) in [5.41, 5.74) is 2.91. The SMILES string of the molecule is O=C1CCC(N2C(=O)c3cccc(NCc4cnn(Cc5ccc(Cl)cc5)c4)c3C2=O)C(=O)N1. The predicted octanol–water partition coefficient (Wildman–Crippen LogP) is 2.60. The zero-order valence-electron chi connectivity index (χ0n) is 18.0. The summed E-state index contributed by atoms with van der Waals surface area (Å²) in [6.45, 7) is 0.975. The van der Waals surface area contributed by atoms with E-state index in [1.54, 1.807) is 29.1 Å². The van der Waals surface area contributed by atoms with Crippen molar-refractivity contribution in [2.24, 2.45) is 0 Å². The third-order valence-electron chi connectivity index (χ3n) is 5.90. The highest BCUT2D eigenvalue weighted by atomic mass is 35.5. The van der Waals surface area contributed by atoms with Gasteiger partial charge in [-0.25, -0.2) is 0 Å². The molecule has 1 fully saturated rings. The molecule has 10 heteroatoms. The van der Waals surface area contributed by atoms with Crippen LogP contribution in [0.15, 0.2) is 54.9 Å². The van der Waals surface area contributed by atoms with E-state index in [0.717, 1.165) is 16.0 Å². The summed E-state index contributed by atoms with van der Waals surface area (Å²) in [7, 11) is 0. The number of imide groups is 2. The van der Waals surface area contributed by atoms with E-state index in [1.165, 1.54) is 0 Å². The van der Waals surface area contributed by atoms with Crippen molar-refractivity contribution in [2.45, 2.75) is 32.0 Å². The number of nitrogens with one attached hydrogen (secondary N) is 2. The summed E-state index contributed by atoms with van der Waals surface area (Å²) < 4.78 is 1.80. The van der Waals surface area contributed by atoms with Crippen LogP contribution in [0.25, 0.3) is 0 Å². The van der Waals surface area contributed by atoms with E-state index in [4.69, 9.17) is 11.6 Å². The van der Waals surface area contributed by atoms with Crippen molar-refractivity contribution < 1.29 is 19.2 Å². The summed E-state index contributed by atoms with van der Waals surface area (Å²) in [6.07, 6.45) is 3.82. The largest absolute Gasteiger partial charge is 0.380 e. The molecule has 0 saturated carbocycles. The smallest absolute Gasteiger partial charge is 0.264 e. The van der Waals surface area contributed by atoms with Crippen molar-refractivity contribution >= 4 is 40.9 Å². The quantitative estimate of drug-likeness (QED) is 0.527. The van der Waals surface area contributed by atoms with Gasteiger partial charge in [-0.2, -0.15) is 5.10 Å². The van der Waals surface area contributed by atoms with Gasteiger partial charge >= 0.3 is 0 Å². The molecule has 1 unspecified atom stereocenters. The van der Waals surface area contributed by atoms with Gasteiger partial charge in [0.05, 0.1) is 23.9 Å². The number of rotatable bonds is 6. The molecule has 2 aliphatic rings. The van der Waals surface area contributed by atoms with Crippen LogP contribution in [0, 0.1) is 0 Å². The van der Waals surface area contributed by atoms with Crippen LogP contribution in [0.2, 0.25) is 5.02 Å². The molecule has 2 aromatic carbocycles.